The summed E-state index contributed by atoms with van der Waals surface area (Å²) in [7, 11) is 1.87. The van der Waals surface area contributed by atoms with Crippen LogP contribution in [0, 0.1) is 10.1 Å². The second kappa shape index (κ2) is 6.18. The molecule has 0 bridgehead atoms. The minimum absolute atomic E-state index is 0.0493. The van der Waals surface area contributed by atoms with Crippen molar-refractivity contribution in [2.75, 3.05) is 23.0 Å². The summed E-state index contributed by atoms with van der Waals surface area (Å²) in [6.45, 7) is 0.757. The van der Waals surface area contributed by atoms with Crippen molar-refractivity contribution in [2.45, 2.75) is 6.04 Å². The summed E-state index contributed by atoms with van der Waals surface area (Å²) < 4.78 is 1.75. The molecule has 1 fully saturated rings. The average molecular weight is 339 g/mol. The largest absolute Gasteiger partial charge is 0.357 e. The van der Waals surface area contributed by atoms with Gasteiger partial charge in [-0.15, -0.1) is 0 Å². The zero-order valence-corrected chi connectivity index (χ0v) is 13.5. The van der Waals surface area contributed by atoms with Crippen LogP contribution in [0.4, 0.5) is 11.4 Å². The van der Waals surface area contributed by atoms with E-state index in [1.54, 1.807) is 16.8 Å². The topological polar surface area (TPSA) is 64.2 Å². The summed E-state index contributed by atoms with van der Waals surface area (Å²) in [5.74, 6) is 1.82. The Bertz CT molecular complexity index is 706. The van der Waals surface area contributed by atoms with E-state index in [9.17, 15) is 10.1 Å². The van der Waals surface area contributed by atoms with Crippen molar-refractivity contribution >= 4 is 34.7 Å². The molecule has 0 spiro atoms. The number of thioether (sulfide) groups is 1. The summed E-state index contributed by atoms with van der Waals surface area (Å²) in [5.41, 5.74) is 1.73. The van der Waals surface area contributed by atoms with Gasteiger partial charge in [-0.05, 0) is 12.1 Å². The molecule has 8 heteroatoms. The molecule has 22 heavy (non-hydrogen) atoms. The molecule has 0 unspecified atom stereocenters. The molecule has 116 valence electrons. The van der Waals surface area contributed by atoms with Crippen molar-refractivity contribution in [1.29, 1.82) is 0 Å². The maximum atomic E-state index is 11.4. The molecule has 2 heterocycles. The van der Waals surface area contributed by atoms with Gasteiger partial charge in [0.15, 0.2) is 0 Å². The molecule has 6 nitrogen and oxygen atoms in total. The Morgan fingerprint density at radius 1 is 1.50 bits per heavy atom. The molecule has 0 saturated carbocycles. The first-order chi connectivity index (χ1) is 10.6. The lowest BCUT2D eigenvalue weighted by molar-refractivity contribution is -0.384. The summed E-state index contributed by atoms with van der Waals surface area (Å²) in [5, 5.41) is 16.0. The molecule has 1 atom stereocenters. The number of hydrogen-bond acceptors (Lipinski definition) is 5. The lowest BCUT2D eigenvalue weighted by atomic mass is 10.1. The molecule has 1 saturated heterocycles. The highest BCUT2D eigenvalue weighted by Crippen LogP contribution is 2.39. The van der Waals surface area contributed by atoms with Gasteiger partial charge in [0.1, 0.15) is 5.69 Å². The number of aromatic nitrogens is 2. The minimum atomic E-state index is -0.372. The molecule has 0 radical (unpaired) electrons. The van der Waals surface area contributed by atoms with E-state index >= 15 is 0 Å². The Kier molecular flexibility index (Phi) is 4.26. The molecular weight excluding hydrogens is 324 g/mol. The number of nitrogens with zero attached hydrogens (tertiary/aromatic N) is 4. The maximum absolute atomic E-state index is 11.4. The Morgan fingerprint density at radius 3 is 3.00 bits per heavy atom. The highest BCUT2D eigenvalue weighted by atomic mass is 35.5. The third kappa shape index (κ3) is 2.91. The highest BCUT2D eigenvalue weighted by molar-refractivity contribution is 7.99. The van der Waals surface area contributed by atoms with Crippen molar-refractivity contribution in [1.82, 2.24) is 9.78 Å². The molecular formula is C14H15ClN4O2S. The van der Waals surface area contributed by atoms with E-state index in [-0.39, 0.29) is 16.7 Å². The summed E-state index contributed by atoms with van der Waals surface area (Å²) in [6.07, 6.45) is 3.79. The zero-order chi connectivity index (χ0) is 15.7. The van der Waals surface area contributed by atoms with E-state index < -0.39 is 0 Å². The highest BCUT2D eigenvalue weighted by Gasteiger charge is 2.30. The van der Waals surface area contributed by atoms with E-state index in [2.05, 4.69) is 10.00 Å². The molecule has 0 aliphatic carbocycles. The molecule has 0 N–H and O–H groups in total. The normalized spacial score (nSPS) is 18.5. The van der Waals surface area contributed by atoms with Crippen LogP contribution in [-0.2, 0) is 7.05 Å². The molecule has 2 aromatic rings. The van der Waals surface area contributed by atoms with Crippen molar-refractivity contribution in [2.24, 2.45) is 7.05 Å². The number of aryl methyl sites for hydroxylation is 1. The Hall–Kier alpha value is -1.73. The second-order valence-corrected chi connectivity index (χ2v) is 6.71. The fourth-order valence-electron chi connectivity index (χ4n) is 2.67. The summed E-state index contributed by atoms with van der Waals surface area (Å²) in [6, 6.07) is 4.93. The first-order valence-electron chi connectivity index (χ1n) is 6.83. The Morgan fingerprint density at radius 2 is 2.32 bits per heavy atom. The van der Waals surface area contributed by atoms with Gasteiger partial charge in [0, 0.05) is 47.9 Å². The average Bonchev–Trinajstić information content (AvgIpc) is 2.93. The summed E-state index contributed by atoms with van der Waals surface area (Å²) >= 11 is 7.76. The van der Waals surface area contributed by atoms with Crippen LogP contribution in [0.5, 0.6) is 0 Å². The molecule has 0 amide bonds. The van der Waals surface area contributed by atoms with Gasteiger partial charge in [-0.25, -0.2) is 0 Å². The third-order valence-electron chi connectivity index (χ3n) is 3.68. The van der Waals surface area contributed by atoms with Gasteiger partial charge in [0.25, 0.3) is 5.69 Å². The number of hydrogen-bond donors (Lipinski definition) is 0. The molecule has 3 rings (SSSR count). The number of benzene rings is 1. The van der Waals surface area contributed by atoms with Gasteiger partial charge in [-0.2, -0.15) is 16.9 Å². The van der Waals surface area contributed by atoms with Gasteiger partial charge in [0.05, 0.1) is 17.2 Å². The summed E-state index contributed by atoms with van der Waals surface area (Å²) in [4.78, 5) is 13.1. The van der Waals surface area contributed by atoms with Crippen LogP contribution < -0.4 is 4.90 Å². The van der Waals surface area contributed by atoms with Gasteiger partial charge >= 0.3 is 0 Å². The van der Waals surface area contributed by atoms with E-state index in [4.69, 9.17) is 11.6 Å². The number of nitro groups is 1. The van der Waals surface area contributed by atoms with Crippen LogP contribution in [-0.4, -0.2) is 32.8 Å². The monoisotopic (exact) mass is 338 g/mol. The fraction of sp³-hybridized carbons (Fsp3) is 0.357. The standard InChI is InChI=1S/C14H15ClN4O2S/c1-17-8-10(7-16-17)14-9-22-5-4-18(14)12-3-2-11(15)6-13(12)19(20)21/h2-3,6-8,14H,4-5,9H2,1H3/t14-/m1/s1. The molecule has 1 aromatic heterocycles. The smallest absolute Gasteiger partial charge is 0.294 e. The predicted molar refractivity (Wildman–Crippen MR) is 88.7 cm³/mol. The van der Waals surface area contributed by atoms with E-state index in [0.717, 1.165) is 23.6 Å². The Balaban J connectivity index is 2.02. The van der Waals surface area contributed by atoms with E-state index in [0.29, 0.717) is 10.7 Å². The number of halogens is 1. The quantitative estimate of drug-likeness (QED) is 0.634. The van der Waals surface area contributed by atoms with Gasteiger partial charge in [-0.3, -0.25) is 14.8 Å². The maximum Gasteiger partial charge on any atom is 0.294 e. The van der Waals surface area contributed by atoms with Crippen LogP contribution in [0.3, 0.4) is 0 Å². The molecule has 1 aromatic carbocycles. The first-order valence-corrected chi connectivity index (χ1v) is 8.36. The number of rotatable bonds is 3. The van der Waals surface area contributed by atoms with Crippen LogP contribution in [0.25, 0.3) is 0 Å². The van der Waals surface area contributed by atoms with Gasteiger partial charge in [0.2, 0.25) is 0 Å². The van der Waals surface area contributed by atoms with Crippen molar-refractivity contribution in [3.63, 3.8) is 0 Å². The lowest BCUT2D eigenvalue weighted by Crippen LogP contribution is -2.36. The minimum Gasteiger partial charge on any atom is -0.357 e. The SMILES string of the molecule is Cn1cc([C@H]2CSCCN2c2ccc(Cl)cc2[N+](=O)[O-])cn1. The van der Waals surface area contributed by atoms with Crippen LogP contribution in [0.1, 0.15) is 11.6 Å². The lowest BCUT2D eigenvalue weighted by Gasteiger charge is -2.36. The number of nitro benzene ring substituents is 1. The van der Waals surface area contributed by atoms with E-state index in [1.807, 2.05) is 31.2 Å². The first kappa shape index (κ1) is 15.2. The van der Waals surface area contributed by atoms with Crippen molar-refractivity contribution < 1.29 is 4.92 Å². The van der Waals surface area contributed by atoms with Gasteiger partial charge < -0.3 is 4.90 Å². The molecule has 1 aliphatic rings. The predicted octanol–water partition coefficient (Wildman–Crippen LogP) is 3.28. The van der Waals surface area contributed by atoms with Gasteiger partial charge in [-0.1, -0.05) is 11.6 Å². The third-order valence-corrected chi connectivity index (χ3v) is 4.94. The van der Waals surface area contributed by atoms with E-state index in [1.165, 1.54) is 6.07 Å². The van der Waals surface area contributed by atoms with Crippen LogP contribution >= 0.6 is 23.4 Å². The Labute approximate surface area is 137 Å². The van der Waals surface area contributed by atoms with Crippen molar-refractivity contribution in [3.05, 3.63) is 51.3 Å². The van der Waals surface area contributed by atoms with Crippen LogP contribution in [0.2, 0.25) is 5.02 Å². The van der Waals surface area contributed by atoms with Crippen LogP contribution in [0.15, 0.2) is 30.6 Å². The number of anilines is 1. The molecule has 1 aliphatic heterocycles. The fourth-order valence-corrected chi connectivity index (χ4v) is 3.92. The van der Waals surface area contributed by atoms with Crippen molar-refractivity contribution in [3.8, 4) is 0 Å². The second-order valence-electron chi connectivity index (χ2n) is 5.12. The zero-order valence-electron chi connectivity index (χ0n) is 12.0.